The maximum absolute atomic E-state index is 12.4. The molecule has 0 radical (unpaired) electrons. The van der Waals surface area contributed by atoms with Crippen molar-refractivity contribution in [3.63, 3.8) is 0 Å². The van der Waals surface area contributed by atoms with Gasteiger partial charge in [0.15, 0.2) is 5.69 Å². The van der Waals surface area contributed by atoms with Crippen LogP contribution in [0.1, 0.15) is 44.3 Å². The lowest BCUT2D eigenvalue weighted by molar-refractivity contribution is -0.139. The lowest BCUT2D eigenvalue weighted by Gasteiger charge is -2.08. The van der Waals surface area contributed by atoms with Gasteiger partial charge >= 0.3 is 12.1 Å². The molecule has 1 aromatic carbocycles. The second kappa shape index (κ2) is 8.87. The smallest absolute Gasteiger partial charge is 0.412 e. The molecule has 0 unspecified atom stereocenters. The van der Waals surface area contributed by atoms with Crippen molar-refractivity contribution in [2.45, 2.75) is 38.7 Å². The third kappa shape index (κ3) is 4.32. The average Bonchev–Trinajstić information content (AvgIpc) is 3.25. The predicted octanol–water partition coefficient (Wildman–Crippen LogP) is 6.30. The molecule has 0 saturated heterocycles. The molecule has 1 saturated carbocycles. The van der Waals surface area contributed by atoms with Gasteiger partial charge < -0.3 is 9.84 Å². The first kappa shape index (κ1) is 22.6. The first-order chi connectivity index (χ1) is 16.4. The van der Waals surface area contributed by atoms with E-state index in [1.54, 1.807) is 0 Å². The molecule has 1 aliphatic rings. The number of aryl methyl sites for hydroxylation is 2. The summed E-state index contributed by atoms with van der Waals surface area (Å²) in [6.07, 6.45) is 0.857. The molecule has 34 heavy (non-hydrogen) atoms. The normalized spacial score (nSPS) is 13.8. The van der Waals surface area contributed by atoms with Crippen LogP contribution in [0.4, 0.5) is 10.5 Å². The quantitative estimate of drug-likeness (QED) is 0.309. The molecule has 1 amide bonds. The average molecular weight is 509 g/mol. The molecule has 0 atom stereocenters. The summed E-state index contributed by atoms with van der Waals surface area (Å²) in [5.74, 6) is 5.46. The molecule has 3 heterocycles. The number of carboxylic acid groups (broad SMARTS) is 1. The fraction of sp³-hybridized carbons (Fsp3) is 0.240. The van der Waals surface area contributed by atoms with Crippen LogP contribution in [0.25, 0.3) is 9.40 Å². The number of fused-ring (bicyclic) bond motifs is 1. The molecule has 3 aromatic heterocycles. The molecule has 0 bridgehead atoms. The standard InChI is InChI=1S/C25H20N2O4S3/c1-14-5-3-4-6-16(14)13-31-24(30)26-22-15(2)34-27-18(22)8-7-17-11-19-20(32-17)12-21(33-19)25(9-10-25)23(28)29/h3-6,11-12H,9-10,13H2,1-2H3,(H,26,30)(H,28,29). The molecule has 0 spiro atoms. The summed E-state index contributed by atoms with van der Waals surface area (Å²) in [6.45, 7) is 4.04. The van der Waals surface area contributed by atoms with Crippen LogP contribution in [0.3, 0.4) is 0 Å². The maximum Gasteiger partial charge on any atom is 0.412 e. The van der Waals surface area contributed by atoms with E-state index in [9.17, 15) is 14.7 Å². The number of carboxylic acids is 1. The Balaban J connectivity index is 1.29. The molecule has 4 aromatic rings. The largest absolute Gasteiger partial charge is 0.481 e. The molecule has 6 nitrogen and oxygen atoms in total. The minimum absolute atomic E-state index is 0.188. The number of anilines is 1. The number of thiophene rings is 2. The number of benzene rings is 1. The number of aliphatic carboxylic acids is 1. The summed E-state index contributed by atoms with van der Waals surface area (Å²) in [4.78, 5) is 26.6. The summed E-state index contributed by atoms with van der Waals surface area (Å²) >= 11 is 4.34. The summed E-state index contributed by atoms with van der Waals surface area (Å²) in [7, 11) is 0. The van der Waals surface area contributed by atoms with Gasteiger partial charge in [-0.3, -0.25) is 10.1 Å². The molecule has 1 fully saturated rings. The summed E-state index contributed by atoms with van der Waals surface area (Å²) < 4.78 is 11.8. The Morgan fingerprint density at radius 2 is 1.91 bits per heavy atom. The highest BCUT2D eigenvalue weighted by Crippen LogP contribution is 2.52. The number of carbonyl (C=O) groups excluding carboxylic acids is 1. The minimum atomic E-state index is -0.738. The summed E-state index contributed by atoms with van der Waals surface area (Å²) in [5, 5.41) is 12.3. The van der Waals surface area contributed by atoms with E-state index in [0.717, 1.165) is 35.2 Å². The number of amides is 1. The van der Waals surface area contributed by atoms with Gasteiger partial charge in [-0.25, -0.2) is 4.79 Å². The van der Waals surface area contributed by atoms with E-state index in [1.165, 1.54) is 34.2 Å². The summed E-state index contributed by atoms with van der Waals surface area (Å²) in [6, 6.07) is 11.7. The minimum Gasteiger partial charge on any atom is -0.481 e. The molecule has 172 valence electrons. The Morgan fingerprint density at radius 3 is 2.62 bits per heavy atom. The van der Waals surface area contributed by atoms with Crippen molar-refractivity contribution in [3.8, 4) is 11.8 Å². The highest BCUT2D eigenvalue weighted by atomic mass is 32.1. The van der Waals surface area contributed by atoms with Crippen LogP contribution in [0, 0.1) is 25.7 Å². The Morgan fingerprint density at radius 1 is 1.15 bits per heavy atom. The van der Waals surface area contributed by atoms with Crippen molar-refractivity contribution in [2.75, 3.05) is 5.32 Å². The number of aromatic nitrogens is 1. The van der Waals surface area contributed by atoms with Gasteiger partial charge in [-0.15, -0.1) is 22.7 Å². The Bertz CT molecular complexity index is 1450. The highest BCUT2D eigenvalue weighted by molar-refractivity contribution is 7.28. The number of hydrogen-bond donors (Lipinski definition) is 2. The van der Waals surface area contributed by atoms with Gasteiger partial charge in [0.1, 0.15) is 12.0 Å². The zero-order valence-corrected chi connectivity index (χ0v) is 20.9. The number of ether oxygens (including phenoxy) is 1. The van der Waals surface area contributed by atoms with E-state index in [2.05, 4.69) is 21.5 Å². The van der Waals surface area contributed by atoms with Gasteiger partial charge in [0.05, 0.1) is 10.6 Å². The van der Waals surface area contributed by atoms with Gasteiger partial charge in [-0.1, -0.05) is 24.3 Å². The molecular formula is C25H20N2O4S3. The number of nitrogens with one attached hydrogen (secondary N) is 1. The van der Waals surface area contributed by atoms with Crippen molar-refractivity contribution >= 4 is 61.4 Å². The van der Waals surface area contributed by atoms with Gasteiger partial charge in [0.2, 0.25) is 0 Å². The summed E-state index contributed by atoms with van der Waals surface area (Å²) in [5.41, 5.74) is 2.39. The monoisotopic (exact) mass is 508 g/mol. The second-order valence-electron chi connectivity index (χ2n) is 8.18. The van der Waals surface area contributed by atoms with Crippen LogP contribution >= 0.6 is 34.2 Å². The van der Waals surface area contributed by atoms with Crippen molar-refractivity contribution in [1.82, 2.24) is 4.37 Å². The maximum atomic E-state index is 12.4. The van der Waals surface area contributed by atoms with Gasteiger partial charge in [0, 0.05) is 19.2 Å². The van der Waals surface area contributed by atoms with Crippen LogP contribution in [-0.2, 0) is 21.6 Å². The van der Waals surface area contributed by atoms with E-state index < -0.39 is 17.5 Å². The van der Waals surface area contributed by atoms with E-state index in [4.69, 9.17) is 4.74 Å². The van der Waals surface area contributed by atoms with Crippen molar-refractivity contribution in [3.05, 3.63) is 67.9 Å². The fourth-order valence-corrected chi connectivity index (χ4v) is 6.69. The molecule has 0 aliphatic heterocycles. The predicted molar refractivity (Wildman–Crippen MR) is 136 cm³/mol. The van der Waals surface area contributed by atoms with Crippen LogP contribution in [0.5, 0.6) is 0 Å². The van der Waals surface area contributed by atoms with Gasteiger partial charge in [-0.2, -0.15) is 4.37 Å². The Hall–Kier alpha value is -3.19. The lowest BCUT2D eigenvalue weighted by atomic mass is 10.1. The third-order valence-electron chi connectivity index (χ3n) is 5.85. The van der Waals surface area contributed by atoms with Crippen LogP contribution in [0.2, 0.25) is 0 Å². The topological polar surface area (TPSA) is 88.5 Å². The molecular weight excluding hydrogens is 488 g/mol. The number of rotatable bonds is 5. The van der Waals surface area contributed by atoms with Crippen LogP contribution < -0.4 is 5.32 Å². The van der Waals surface area contributed by atoms with Gasteiger partial charge in [-0.05, 0) is 73.3 Å². The molecule has 5 rings (SSSR count). The number of nitrogens with zero attached hydrogens (tertiary/aromatic N) is 1. The third-order valence-corrected chi connectivity index (χ3v) is 9.02. The zero-order chi connectivity index (χ0) is 23.9. The first-order valence-electron chi connectivity index (χ1n) is 10.6. The van der Waals surface area contributed by atoms with Crippen molar-refractivity contribution in [1.29, 1.82) is 0 Å². The van der Waals surface area contributed by atoms with Gasteiger partial charge in [0.25, 0.3) is 0 Å². The molecule has 2 N–H and O–H groups in total. The van der Waals surface area contributed by atoms with E-state index in [-0.39, 0.29) is 6.61 Å². The van der Waals surface area contributed by atoms with E-state index in [0.29, 0.717) is 24.2 Å². The van der Waals surface area contributed by atoms with Crippen molar-refractivity contribution < 1.29 is 19.4 Å². The Kier molecular flexibility index (Phi) is 5.90. The lowest BCUT2D eigenvalue weighted by Crippen LogP contribution is -2.17. The molecule has 1 aliphatic carbocycles. The Labute approximate surface area is 208 Å². The van der Waals surface area contributed by atoms with E-state index >= 15 is 0 Å². The highest BCUT2D eigenvalue weighted by Gasteiger charge is 2.53. The number of hydrogen-bond acceptors (Lipinski definition) is 7. The zero-order valence-electron chi connectivity index (χ0n) is 18.4. The molecule has 9 heteroatoms. The SMILES string of the molecule is Cc1ccccc1COC(=O)Nc1c(C#Cc2cc3sc(C4(C(=O)O)CC4)cc3s2)nsc1C. The van der Waals surface area contributed by atoms with Crippen LogP contribution in [-0.4, -0.2) is 21.5 Å². The van der Waals surface area contributed by atoms with E-state index in [1.807, 2.05) is 50.2 Å². The van der Waals surface area contributed by atoms with Crippen LogP contribution in [0.15, 0.2) is 36.4 Å². The fourth-order valence-electron chi connectivity index (χ4n) is 3.60. The number of carbonyl (C=O) groups is 2. The first-order valence-corrected chi connectivity index (χ1v) is 13.0. The second-order valence-corrected chi connectivity index (χ2v) is 11.3. The van der Waals surface area contributed by atoms with Crippen molar-refractivity contribution in [2.24, 2.45) is 0 Å².